The number of hydrogen-bond donors (Lipinski definition) is 2. The van der Waals surface area contributed by atoms with Crippen molar-refractivity contribution >= 4 is 11.5 Å². The summed E-state index contributed by atoms with van der Waals surface area (Å²) in [5, 5.41) is 10.3. The second kappa shape index (κ2) is 11.9. The van der Waals surface area contributed by atoms with Gasteiger partial charge in [-0.2, -0.15) is 0 Å². The van der Waals surface area contributed by atoms with Crippen molar-refractivity contribution in [1.29, 1.82) is 0 Å². The number of hydrogen-bond acceptors (Lipinski definition) is 6. The van der Waals surface area contributed by atoms with Gasteiger partial charge in [0.15, 0.2) is 11.5 Å². The van der Waals surface area contributed by atoms with Crippen LogP contribution < -0.4 is 15.2 Å². The zero-order valence-electron chi connectivity index (χ0n) is 18.9. The minimum atomic E-state index is -0.495. The lowest BCUT2D eigenvalue weighted by atomic mass is 10.00. The van der Waals surface area contributed by atoms with Gasteiger partial charge in [0, 0.05) is 35.2 Å². The molecule has 32 heavy (non-hydrogen) atoms. The van der Waals surface area contributed by atoms with Gasteiger partial charge in [0.05, 0.1) is 25.9 Å². The largest absolute Gasteiger partial charge is 0.512 e. The second-order valence-corrected chi connectivity index (χ2v) is 6.98. The van der Waals surface area contributed by atoms with Crippen molar-refractivity contribution in [1.82, 2.24) is 0 Å². The molecule has 0 radical (unpaired) electrons. The van der Waals surface area contributed by atoms with Crippen molar-refractivity contribution in [2.75, 3.05) is 13.7 Å². The lowest BCUT2D eigenvalue weighted by Gasteiger charge is -2.17. The van der Waals surface area contributed by atoms with Crippen LogP contribution in [0.4, 0.5) is 4.39 Å². The fourth-order valence-electron chi connectivity index (χ4n) is 3.16. The van der Waals surface area contributed by atoms with E-state index in [1.807, 2.05) is 6.92 Å². The number of halogens is 1. The van der Waals surface area contributed by atoms with Crippen molar-refractivity contribution < 1.29 is 28.5 Å². The number of rotatable bonds is 10. The molecule has 0 unspecified atom stereocenters. The van der Waals surface area contributed by atoms with E-state index in [1.54, 1.807) is 49.4 Å². The smallest absolute Gasteiger partial charge is 0.310 e. The van der Waals surface area contributed by atoms with Gasteiger partial charge in [0.25, 0.3) is 0 Å². The van der Waals surface area contributed by atoms with Crippen molar-refractivity contribution in [2.45, 2.75) is 40.2 Å². The molecule has 0 fully saturated rings. The summed E-state index contributed by atoms with van der Waals surface area (Å²) in [7, 11) is 1.50. The third-order valence-corrected chi connectivity index (χ3v) is 4.79. The Morgan fingerprint density at radius 3 is 2.44 bits per heavy atom. The van der Waals surface area contributed by atoms with Gasteiger partial charge in [-0.1, -0.05) is 37.3 Å². The quantitative estimate of drug-likeness (QED) is 0.303. The predicted molar refractivity (Wildman–Crippen MR) is 122 cm³/mol. The van der Waals surface area contributed by atoms with E-state index < -0.39 is 5.82 Å². The van der Waals surface area contributed by atoms with Gasteiger partial charge in [-0.3, -0.25) is 4.79 Å². The van der Waals surface area contributed by atoms with Gasteiger partial charge in [-0.25, -0.2) is 4.39 Å². The molecule has 0 aliphatic heterocycles. The van der Waals surface area contributed by atoms with Crippen molar-refractivity contribution in [3.8, 4) is 11.5 Å². The maximum atomic E-state index is 14.9. The molecule has 0 saturated carbocycles. The molecule has 0 heterocycles. The Kier molecular flexibility index (Phi) is 9.28. The minimum absolute atomic E-state index is 0.00622. The van der Waals surface area contributed by atoms with Gasteiger partial charge < -0.3 is 25.1 Å². The highest BCUT2D eigenvalue weighted by atomic mass is 19.1. The highest BCUT2D eigenvalue weighted by Gasteiger charge is 2.18. The SMILES string of the molecule is CCOC(=O)Cc1cccc(OC)c1O/C(=C/C(=C(\C)O)c1cccc(CN)c1F)CC. The summed E-state index contributed by atoms with van der Waals surface area (Å²) < 4.78 is 31.5. The summed E-state index contributed by atoms with van der Waals surface area (Å²) in [6, 6.07) is 10.1. The number of aliphatic hydroxyl groups excluding tert-OH is 1. The van der Waals surface area contributed by atoms with Crippen LogP contribution >= 0.6 is 0 Å². The first-order valence-corrected chi connectivity index (χ1v) is 10.4. The summed E-state index contributed by atoms with van der Waals surface area (Å²) in [6.07, 6.45) is 2.02. The second-order valence-electron chi connectivity index (χ2n) is 6.98. The zero-order valence-corrected chi connectivity index (χ0v) is 18.9. The Morgan fingerprint density at radius 2 is 1.84 bits per heavy atom. The minimum Gasteiger partial charge on any atom is -0.512 e. The monoisotopic (exact) mass is 443 g/mol. The van der Waals surface area contributed by atoms with Crippen LogP contribution in [0.1, 0.15) is 43.9 Å². The number of para-hydroxylation sites is 1. The molecule has 172 valence electrons. The van der Waals surface area contributed by atoms with Crippen LogP contribution in [0.15, 0.2) is 54.0 Å². The van der Waals surface area contributed by atoms with E-state index in [-0.39, 0.29) is 42.4 Å². The summed E-state index contributed by atoms with van der Waals surface area (Å²) in [5.74, 6) is 0.293. The highest BCUT2D eigenvalue weighted by Crippen LogP contribution is 2.35. The molecule has 2 rings (SSSR count). The van der Waals surface area contributed by atoms with Crippen LogP contribution in [0.25, 0.3) is 5.57 Å². The average molecular weight is 444 g/mol. The van der Waals surface area contributed by atoms with Crippen molar-refractivity contribution in [3.05, 3.63) is 76.5 Å². The summed E-state index contributed by atoms with van der Waals surface area (Å²) >= 11 is 0. The third-order valence-electron chi connectivity index (χ3n) is 4.79. The molecule has 0 atom stereocenters. The highest BCUT2D eigenvalue weighted by molar-refractivity contribution is 5.77. The van der Waals surface area contributed by atoms with Crippen LogP contribution in [-0.2, 0) is 22.5 Å². The maximum Gasteiger partial charge on any atom is 0.310 e. The van der Waals surface area contributed by atoms with E-state index in [1.165, 1.54) is 14.0 Å². The van der Waals surface area contributed by atoms with Crippen LogP contribution in [0.5, 0.6) is 11.5 Å². The first kappa shape index (κ1) is 24.9. The van der Waals surface area contributed by atoms with Crippen LogP contribution in [0.2, 0.25) is 0 Å². The van der Waals surface area contributed by atoms with Crippen LogP contribution in [0, 0.1) is 5.82 Å². The van der Waals surface area contributed by atoms with E-state index in [9.17, 15) is 14.3 Å². The molecule has 0 saturated heterocycles. The molecule has 0 spiro atoms. The number of carbonyl (C=O) groups is 1. The summed E-state index contributed by atoms with van der Waals surface area (Å²) in [6.45, 7) is 5.39. The number of methoxy groups -OCH3 is 1. The molecule has 0 amide bonds. The van der Waals surface area contributed by atoms with E-state index >= 15 is 0 Å². The zero-order chi connectivity index (χ0) is 23.7. The van der Waals surface area contributed by atoms with Gasteiger partial charge in [0.2, 0.25) is 0 Å². The molecule has 0 bridgehead atoms. The fourth-order valence-corrected chi connectivity index (χ4v) is 3.16. The standard InChI is InChI=1S/C25H30FNO5/c1-5-19(14-21(16(3)28)20-11-7-10-18(15-27)24(20)26)32-25-17(13-23(29)31-6-2)9-8-12-22(25)30-4/h7-12,14,28H,5-6,13,15,27H2,1-4H3/b19-14+,21-16-. The van der Waals surface area contributed by atoms with Crippen LogP contribution in [-0.4, -0.2) is 24.8 Å². The predicted octanol–water partition coefficient (Wildman–Crippen LogP) is 5.06. The number of allylic oxidation sites excluding steroid dienone is 4. The molecular formula is C25H30FNO5. The molecule has 0 aliphatic carbocycles. The molecule has 7 heteroatoms. The summed E-state index contributed by atoms with van der Waals surface area (Å²) in [5.41, 5.74) is 7.05. The first-order chi connectivity index (χ1) is 15.4. The maximum absolute atomic E-state index is 14.9. The molecule has 2 aromatic carbocycles. The Morgan fingerprint density at radius 1 is 1.16 bits per heavy atom. The summed E-state index contributed by atoms with van der Waals surface area (Å²) in [4.78, 5) is 12.0. The number of ether oxygens (including phenoxy) is 3. The number of benzene rings is 2. The van der Waals surface area contributed by atoms with E-state index in [2.05, 4.69) is 0 Å². The topological polar surface area (TPSA) is 91.0 Å². The Labute approximate surface area is 188 Å². The van der Waals surface area contributed by atoms with Gasteiger partial charge in [-0.05, 0) is 26.0 Å². The Hall–Kier alpha value is -3.32. The molecular weight excluding hydrogens is 413 g/mol. The van der Waals surface area contributed by atoms with Gasteiger partial charge in [0.1, 0.15) is 11.6 Å². The molecule has 3 N–H and O–H groups in total. The Bertz CT molecular complexity index is 1010. The average Bonchev–Trinajstić information content (AvgIpc) is 2.77. The van der Waals surface area contributed by atoms with E-state index in [4.69, 9.17) is 19.9 Å². The fraction of sp³-hybridized carbons (Fsp3) is 0.320. The Balaban J connectivity index is 2.51. The normalized spacial score (nSPS) is 12.2. The molecule has 6 nitrogen and oxygen atoms in total. The van der Waals surface area contributed by atoms with E-state index in [0.717, 1.165) is 0 Å². The van der Waals surface area contributed by atoms with Gasteiger partial charge in [-0.15, -0.1) is 0 Å². The van der Waals surface area contributed by atoms with E-state index in [0.29, 0.717) is 34.8 Å². The third kappa shape index (κ3) is 6.11. The molecule has 2 aromatic rings. The van der Waals surface area contributed by atoms with Crippen molar-refractivity contribution in [2.24, 2.45) is 5.73 Å². The van der Waals surface area contributed by atoms with Gasteiger partial charge >= 0.3 is 5.97 Å². The van der Waals surface area contributed by atoms with Crippen molar-refractivity contribution in [3.63, 3.8) is 0 Å². The number of nitrogens with two attached hydrogens (primary N) is 1. The number of esters is 1. The number of carbonyl (C=O) groups excluding carboxylic acids is 1. The number of aliphatic hydroxyl groups is 1. The lowest BCUT2D eigenvalue weighted by Crippen LogP contribution is -2.10. The molecule has 0 aromatic heterocycles. The van der Waals surface area contributed by atoms with Crippen LogP contribution in [0.3, 0.4) is 0 Å². The lowest BCUT2D eigenvalue weighted by molar-refractivity contribution is -0.142. The molecule has 0 aliphatic rings. The first-order valence-electron chi connectivity index (χ1n) is 10.4.